The summed E-state index contributed by atoms with van der Waals surface area (Å²) < 4.78 is 40.8. The first-order chi connectivity index (χ1) is 17.6. The van der Waals surface area contributed by atoms with Crippen LogP contribution in [0.3, 0.4) is 0 Å². The summed E-state index contributed by atoms with van der Waals surface area (Å²) in [7, 11) is 3.28. The van der Waals surface area contributed by atoms with Gasteiger partial charge in [-0.2, -0.15) is 0 Å². The fraction of sp³-hybridized carbons (Fsp3) is 0.667. The van der Waals surface area contributed by atoms with E-state index in [-0.39, 0.29) is 25.4 Å². The van der Waals surface area contributed by atoms with E-state index in [1.54, 1.807) is 14.2 Å². The Balaban J connectivity index is 1.53. The van der Waals surface area contributed by atoms with Crippen molar-refractivity contribution in [1.29, 1.82) is 0 Å². The van der Waals surface area contributed by atoms with Crippen LogP contribution in [0.4, 0.5) is 0 Å². The van der Waals surface area contributed by atoms with Crippen LogP contribution in [0.5, 0.6) is 11.5 Å². The van der Waals surface area contributed by atoms with Crippen molar-refractivity contribution in [3.8, 4) is 11.5 Å². The molecule has 2 bridgehead atoms. The van der Waals surface area contributed by atoms with Gasteiger partial charge in [-0.1, -0.05) is 12.1 Å². The normalized spacial score (nSPS) is 30.1. The highest BCUT2D eigenvalue weighted by molar-refractivity contribution is 5.90. The van der Waals surface area contributed by atoms with Crippen LogP contribution in [0.25, 0.3) is 0 Å². The van der Waals surface area contributed by atoms with Gasteiger partial charge in [0.25, 0.3) is 0 Å². The third kappa shape index (κ3) is 3.97. The Morgan fingerprint density at radius 2 is 1.89 bits per heavy atom. The second-order valence-corrected chi connectivity index (χ2v) is 9.83. The van der Waals surface area contributed by atoms with E-state index >= 15 is 0 Å². The molecule has 9 heteroatoms. The summed E-state index contributed by atoms with van der Waals surface area (Å²) in [5.74, 6) is 1.38. The average molecular weight is 504 g/mol. The maximum atomic E-state index is 13.4. The van der Waals surface area contributed by atoms with E-state index < -0.39 is 17.1 Å². The number of hydrogen-bond donors (Lipinski definition) is 0. The minimum atomic E-state index is -0.619. The van der Waals surface area contributed by atoms with Crippen LogP contribution in [-0.2, 0) is 40.3 Å². The number of ketones is 1. The predicted octanol–water partition coefficient (Wildman–Crippen LogP) is 2.24. The zero-order valence-electron chi connectivity index (χ0n) is 21.3. The second kappa shape index (κ2) is 10.8. The van der Waals surface area contributed by atoms with Gasteiger partial charge in [0.1, 0.15) is 12.4 Å². The molecule has 2 aliphatic carbocycles. The molecule has 1 spiro atoms. The third-order valence-corrected chi connectivity index (χ3v) is 8.24. The number of carbonyl (C=O) groups is 1. The number of methoxy groups -OCH3 is 2. The zero-order chi connectivity index (χ0) is 25.2. The van der Waals surface area contributed by atoms with Crippen LogP contribution in [0.1, 0.15) is 30.4 Å². The smallest absolute Gasteiger partial charge is 0.189 e. The summed E-state index contributed by atoms with van der Waals surface area (Å²) in [6.07, 6.45) is 3.92. The first-order valence-corrected chi connectivity index (χ1v) is 12.7. The average Bonchev–Trinajstić information content (AvgIpc) is 3.24. The van der Waals surface area contributed by atoms with Crippen LogP contribution >= 0.6 is 0 Å². The summed E-state index contributed by atoms with van der Waals surface area (Å²) in [6, 6.07) is 4.12. The summed E-state index contributed by atoms with van der Waals surface area (Å²) >= 11 is 0. The lowest BCUT2D eigenvalue weighted by molar-refractivity contribution is -0.245. The molecular formula is C27H37NO8. The van der Waals surface area contributed by atoms with Gasteiger partial charge >= 0.3 is 0 Å². The first kappa shape index (κ1) is 25.6. The number of Topliss-reactive ketones (excluding diaryl/α,β-unsaturated/α-hetero) is 1. The Bertz CT molecular complexity index is 969. The highest BCUT2D eigenvalue weighted by Crippen LogP contribution is 2.66. The second-order valence-electron chi connectivity index (χ2n) is 9.83. The lowest BCUT2D eigenvalue weighted by atomic mass is 9.49. The highest BCUT2D eigenvalue weighted by Gasteiger charge is 2.74. The highest BCUT2D eigenvalue weighted by atomic mass is 16.7. The van der Waals surface area contributed by atoms with Gasteiger partial charge in [-0.25, -0.2) is 0 Å². The summed E-state index contributed by atoms with van der Waals surface area (Å²) in [6.45, 7) is 7.67. The van der Waals surface area contributed by atoms with E-state index in [1.165, 1.54) is 5.56 Å². The number of hydrogen-bond acceptors (Lipinski definition) is 9. The number of rotatable bonds is 14. The molecule has 198 valence electrons. The molecule has 1 aromatic carbocycles. The Morgan fingerprint density at radius 3 is 2.64 bits per heavy atom. The SMILES string of the molecule is C=CCN1CC[C@@]23c4c5ccc(OCOCCOC)c4O[C@@H]2C(=O)CCC3(OCOCCOC)[C@@H]1C5. The third-order valence-electron chi connectivity index (χ3n) is 8.24. The molecule has 4 aliphatic rings. The van der Waals surface area contributed by atoms with E-state index in [9.17, 15) is 4.79 Å². The molecule has 0 N–H and O–H groups in total. The topological polar surface area (TPSA) is 84.9 Å². The van der Waals surface area contributed by atoms with Crippen molar-refractivity contribution in [2.45, 2.75) is 48.8 Å². The fourth-order valence-corrected chi connectivity index (χ4v) is 6.82. The molecule has 36 heavy (non-hydrogen) atoms. The molecule has 1 unspecified atom stereocenters. The maximum absolute atomic E-state index is 13.4. The van der Waals surface area contributed by atoms with E-state index in [2.05, 4.69) is 17.5 Å². The lowest BCUT2D eigenvalue weighted by Gasteiger charge is -2.64. The predicted molar refractivity (Wildman–Crippen MR) is 130 cm³/mol. The Kier molecular flexibility index (Phi) is 7.67. The van der Waals surface area contributed by atoms with Gasteiger partial charge in [-0.3, -0.25) is 9.69 Å². The molecule has 5 rings (SSSR count). The molecule has 1 aromatic rings. The molecule has 9 nitrogen and oxygen atoms in total. The van der Waals surface area contributed by atoms with Crippen LogP contribution in [0.2, 0.25) is 0 Å². The number of likely N-dealkylation sites (tertiary alicyclic amines) is 1. The van der Waals surface area contributed by atoms with Crippen LogP contribution in [-0.4, -0.2) is 95.8 Å². The van der Waals surface area contributed by atoms with E-state index in [0.717, 1.165) is 31.5 Å². The molecule has 2 heterocycles. The van der Waals surface area contributed by atoms with Crippen molar-refractivity contribution < 1.29 is 38.0 Å². The Morgan fingerprint density at radius 1 is 1.11 bits per heavy atom. The Hall–Kier alpha value is -2.01. The Labute approximate surface area is 212 Å². The minimum absolute atomic E-state index is 0.0782. The number of piperidine rings is 1. The quantitative estimate of drug-likeness (QED) is 0.216. The first-order valence-electron chi connectivity index (χ1n) is 12.7. The zero-order valence-corrected chi connectivity index (χ0v) is 21.3. The number of benzene rings is 1. The van der Waals surface area contributed by atoms with E-state index in [1.807, 2.05) is 12.1 Å². The molecule has 1 saturated heterocycles. The molecular weight excluding hydrogens is 466 g/mol. The van der Waals surface area contributed by atoms with Crippen molar-refractivity contribution in [2.24, 2.45) is 0 Å². The van der Waals surface area contributed by atoms with Crippen molar-refractivity contribution in [1.82, 2.24) is 4.90 Å². The lowest BCUT2D eigenvalue weighted by Crippen LogP contribution is -2.77. The number of carbonyl (C=O) groups excluding carboxylic acids is 1. The van der Waals surface area contributed by atoms with E-state index in [4.69, 9.17) is 33.2 Å². The fourth-order valence-electron chi connectivity index (χ4n) is 6.82. The molecule has 4 atom stereocenters. The van der Waals surface area contributed by atoms with Crippen LogP contribution < -0.4 is 9.47 Å². The van der Waals surface area contributed by atoms with Crippen molar-refractivity contribution in [2.75, 3.05) is 67.3 Å². The summed E-state index contributed by atoms with van der Waals surface area (Å²) in [4.78, 5) is 15.8. The standard InChI is InChI=1S/C27H37NO8/c1-4-10-28-11-9-26-23-19-5-6-21(34-17-32-14-12-30-2)24(23)36-25(26)20(29)7-8-27(26,22(28)16-19)35-18-33-15-13-31-3/h4-6,22,25H,1,7-18H2,2-3H3/t22-,25+,26+,27?/m0/s1. The van der Waals surface area contributed by atoms with Gasteiger partial charge in [0.15, 0.2) is 30.2 Å². The van der Waals surface area contributed by atoms with E-state index in [0.29, 0.717) is 50.8 Å². The largest absolute Gasteiger partial charge is 0.477 e. The van der Waals surface area contributed by atoms with Crippen molar-refractivity contribution in [3.05, 3.63) is 35.9 Å². The van der Waals surface area contributed by atoms with Gasteiger partial charge in [-0.15, -0.1) is 6.58 Å². The monoisotopic (exact) mass is 503 g/mol. The summed E-state index contributed by atoms with van der Waals surface area (Å²) in [5.41, 5.74) is 1.05. The van der Waals surface area contributed by atoms with Crippen LogP contribution in [0.15, 0.2) is 24.8 Å². The molecule has 1 saturated carbocycles. The molecule has 2 fully saturated rings. The number of nitrogens with zero attached hydrogens (tertiary/aromatic N) is 1. The number of ether oxygens (including phenoxy) is 7. The van der Waals surface area contributed by atoms with Crippen LogP contribution in [0, 0.1) is 0 Å². The molecule has 0 aromatic heterocycles. The van der Waals surface area contributed by atoms with Crippen molar-refractivity contribution in [3.63, 3.8) is 0 Å². The molecule has 0 radical (unpaired) electrons. The van der Waals surface area contributed by atoms with Gasteiger partial charge in [0, 0.05) is 45.3 Å². The van der Waals surface area contributed by atoms with Crippen molar-refractivity contribution >= 4 is 5.78 Å². The minimum Gasteiger partial charge on any atom is -0.477 e. The van der Waals surface area contributed by atoms with Gasteiger partial charge in [0.05, 0.1) is 31.8 Å². The van der Waals surface area contributed by atoms with Gasteiger partial charge in [-0.05, 0) is 30.9 Å². The molecule has 2 aliphatic heterocycles. The van der Waals surface area contributed by atoms with Gasteiger partial charge in [0.2, 0.25) is 0 Å². The molecule has 0 amide bonds. The van der Waals surface area contributed by atoms with Gasteiger partial charge < -0.3 is 33.2 Å². The summed E-state index contributed by atoms with van der Waals surface area (Å²) in [5, 5.41) is 0. The maximum Gasteiger partial charge on any atom is 0.189 e.